The lowest BCUT2D eigenvalue weighted by molar-refractivity contribution is 0.239. The molecule has 2 heteroatoms. The Hall–Kier alpha value is -0.890. The summed E-state index contributed by atoms with van der Waals surface area (Å²) in [6.07, 6.45) is 7.79. The highest BCUT2D eigenvalue weighted by atomic mass is 14.8. The zero-order valence-electron chi connectivity index (χ0n) is 8.09. The van der Waals surface area contributed by atoms with Crippen LogP contribution in [0.25, 0.3) is 0 Å². The van der Waals surface area contributed by atoms with Crippen LogP contribution < -0.4 is 5.32 Å². The number of likely N-dealkylation sites (N-methyl/N-ethyl adjacent to an activating group) is 1. The van der Waals surface area contributed by atoms with Crippen molar-refractivity contribution in [3.8, 4) is 0 Å². The molecule has 0 spiro atoms. The largest absolute Gasteiger partial charge is 0.319 e. The first-order chi connectivity index (χ1) is 6.37. The van der Waals surface area contributed by atoms with E-state index in [2.05, 4.69) is 22.4 Å². The lowest BCUT2D eigenvalue weighted by Gasteiger charge is -2.42. The van der Waals surface area contributed by atoms with Gasteiger partial charge >= 0.3 is 0 Å². The van der Waals surface area contributed by atoms with Crippen molar-refractivity contribution in [1.29, 1.82) is 0 Å². The molecule has 0 aromatic carbocycles. The average molecular weight is 176 g/mol. The molecule has 0 amide bonds. The molecule has 1 saturated carbocycles. The van der Waals surface area contributed by atoms with Gasteiger partial charge in [0.2, 0.25) is 0 Å². The van der Waals surface area contributed by atoms with Crippen molar-refractivity contribution in [3.63, 3.8) is 0 Å². The first-order valence-corrected chi connectivity index (χ1v) is 4.92. The Bertz CT molecular complexity index is 265. The van der Waals surface area contributed by atoms with Gasteiger partial charge in [-0.1, -0.05) is 6.42 Å². The van der Waals surface area contributed by atoms with E-state index < -0.39 is 0 Å². The van der Waals surface area contributed by atoms with Crippen molar-refractivity contribution in [2.75, 3.05) is 13.6 Å². The summed E-state index contributed by atoms with van der Waals surface area (Å²) in [7, 11) is 2.03. The van der Waals surface area contributed by atoms with Crippen LogP contribution in [0.5, 0.6) is 0 Å². The first-order valence-electron chi connectivity index (χ1n) is 4.92. The normalized spacial score (nSPS) is 19.5. The third kappa shape index (κ3) is 1.46. The number of nitrogens with one attached hydrogen (secondary N) is 1. The van der Waals surface area contributed by atoms with E-state index in [1.165, 1.54) is 24.8 Å². The van der Waals surface area contributed by atoms with Crippen molar-refractivity contribution >= 4 is 0 Å². The van der Waals surface area contributed by atoms with Gasteiger partial charge in [-0.05, 0) is 37.6 Å². The van der Waals surface area contributed by atoms with Gasteiger partial charge in [0.25, 0.3) is 0 Å². The summed E-state index contributed by atoms with van der Waals surface area (Å²) in [5.41, 5.74) is 1.86. The van der Waals surface area contributed by atoms with Crippen LogP contribution in [-0.2, 0) is 5.41 Å². The topological polar surface area (TPSA) is 24.9 Å². The van der Waals surface area contributed by atoms with E-state index in [-0.39, 0.29) is 0 Å². The van der Waals surface area contributed by atoms with Gasteiger partial charge in [0, 0.05) is 24.4 Å². The zero-order chi connectivity index (χ0) is 9.15. The molecule has 1 heterocycles. The quantitative estimate of drug-likeness (QED) is 0.758. The molecule has 0 saturated heterocycles. The van der Waals surface area contributed by atoms with Crippen LogP contribution in [0.1, 0.15) is 24.8 Å². The first kappa shape index (κ1) is 8.70. The Balaban J connectivity index is 2.22. The van der Waals surface area contributed by atoms with Gasteiger partial charge < -0.3 is 5.32 Å². The second-order valence-corrected chi connectivity index (χ2v) is 3.90. The summed E-state index contributed by atoms with van der Waals surface area (Å²) >= 11 is 0. The molecule has 70 valence electrons. The molecular weight excluding hydrogens is 160 g/mol. The van der Waals surface area contributed by atoms with E-state index in [1.807, 2.05) is 19.4 Å². The highest BCUT2D eigenvalue weighted by Crippen LogP contribution is 2.42. The molecule has 0 radical (unpaired) electrons. The Kier molecular flexibility index (Phi) is 2.32. The predicted octanol–water partition coefficient (Wildman–Crippen LogP) is 1.72. The second kappa shape index (κ2) is 3.46. The lowest BCUT2D eigenvalue weighted by atomic mass is 9.64. The molecule has 1 aliphatic carbocycles. The van der Waals surface area contributed by atoms with Gasteiger partial charge in [0.15, 0.2) is 0 Å². The van der Waals surface area contributed by atoms with E-state index in [0.29, 0.717) is 5.41 Å². The maximum Gasteiger partial charge on any atom is 0.0270 e. The SMILES string of the molecule is CNCC1(c2ccncc2)CCC1. The molecule has 2 rings (SSSR count). The Labute approximate surface area is 79.4 Å². The highest BCUT2D eigenvalue weighted by Gasteiger charge is 2.37. The lowest BCUT2D eigenvalue weighted by Crippen LogP contribution is -2.42. The fraction of sp³-hybridized carbons (Fsp3) is 0.545. The zero-order valence-corrected chi connectivity index (χ0v) is 8.09. The van der Waals surface area contributed by atoms with E-state index in [0.717, 1.165) is 6.54 Å². The molecule has 0 unspecified atom stereocenters. The molecule has 0 bridgehead atoms. The minimum absolute atomic E-state index is 0.414. The number of pyridine rings is 1. The van der Waals surface area contributed by atoms with Crippen LogP contribution in [-0.4, -0.2) is 18.6 Å². The molecule has 0 atom stereocenters. The van der Waals surface area contributed by atoms with Gasteiger partial charge in [0.05, 0.1) is 0 Å². The summed E-state index contributed by atoms with van der Waals surface area (Å²) in [5.74, 6) is 0. The van der Waals surface area contributed by atoms with Crippen LogP contribution in [0.2, 0.25) is 0 Å². The highest BCUT2D eigenvalue weighted by molar-refractivity contribution is 5.26. The van der Waals surface area contributed by atoms with E-state index in [9.17, 15) is 0 Å². The number of nitrogens with zero attached hydrogens (tertiary/aromatic N) is 1. The van der Waals surface area contributed by atoms with Crippen molar-refractivity contribution in [2.24, 2.45) is 0 Å². The van der Waals surface area contributed by atoms with E-state index in [1.54, 1.807) is 0 Å². The van der Waals surface area contributed by atoms with Crippen molar-refractivity contribution in [1.82, 2.24) is 10.3 Å². The van der Waals surface area contributed by atoms with Gasteiger partial charge in [-0.3, -0.25) is 4.98 Å². The van der Waals surface area contributed by atoms with Gasteiger partial charge in [-0.15, -0.1) is 0 Å². The fourth-order valence-electron chi connectivity index (χ4n) is 2.21. The minimum Gasteiger partial charge on any atom is -0.319 e. The second-order valence-electron chi connectivity index (χ2n) is 3.90. The number of hydrogen-bond donors (Lipinski definition) is 1. The molecule has 1 N–H and O–H groups in total. The van der Waals surface area contributed by atoms with Crippen molar-refractivity contribution in [2.45, 2.75) is 24.7 Å². The molecule has 2 nitrogen and oxygen atoms in total. The molecule has 0 aliphatic heterocycles. The summed E-state index contributed by atoms with van der Waals surface area (Å²) in [6.45, 7) is 1.09. The summed E-state index contributed by atoms with van der Waals surface area (Å²) in [5, 5.41) is 3.29. The van der Waals surface area contributed by atoms with Crippen LogP contribution >= 0.6 is 0 Å². The standard InChI is InChI=1S/C11H16N2/c1-12-9-11(5-2-6-11)10-3-7-13-8-4-10/h3-4,7-8,12H,2,5-6,9H2,1H3. The summed E-state index contributed by atoms with van der Waals surface area (Å²) in [4.78, 5) is 4.06. The molecule has 1 fully saturated rings. The van der Waals surface area contributed by atoms with Crippen molar-refractivity contribution < 1.29 is 0 Å². The van der Waals surface area contributed by atoms with Crippen LogP contribution in [0.15, 0.2) is 24.5 Å². The molecule has 1 aromatic rings. The number of hydrogen-bond acceptors (Lipinski definition) is 2. The maximum atomic E-state index is 4.06. The van der Waals surface area contributed by atoms with Crippen LogP contribution in [0.4, 0.5) is 0 Å². The van der Waals surface area contributed by atoms with Gasteiger partial charge in [0.1, 0.15) is 0 Å². The molecule has 1 aromatic heterocycles. The molecular formula is C11H16N2. The van der Waals surface area contributed by atoms with E-state index >= 15 is 0 Å². The Morgan fingerprint density at radius 2 is 2.08 bits per heavy atom. The fourth-order valence-corrected chi connectivity index (χ4v) is 2.21. The van der Waals surface area contributed by atoms with Gasteiger partial charge in [-0.25, -0.2) is 0 Å². The molecule has 1 aliphatic rings. The third-order valence-corrected chi connectivity index (χ3v) is 3.12. The van der Waals surface area contributed by atoms with Crippen LogP contribution in [0, 0.1) is 0 Å². The third-order valence-electron chi connectivity index (χ3n) is 3.12. The minimum atomic E-state index is 0.414. The Morgan fingerprint density at radius 3 is 2.54 bits per heavy atom. The van der Waals surface area contributed by atoms with Crippen LogP contribution in [0.3, 0.4) is 0 Å². The number of rotatable bonds is 3. The Morgan fingerprint density at radius 1 is 1.38 bits per heavy atom. The average Bonchev–Trinajstić information content (AvgIpc) is 2.13. The summed E-state index contributed by atoms with van der Waals surface area (Å²) in [6, 6.07) is 4.30. The van der Waals surface area contributed by atoms with E-state index in [4.69, 9.17) is 0 Å². The maximum absolute atomic E-state index is 4.06. The van der Waals surface area contributed by atoms with Gasteiger partial charge in [-0.2, -0.15) is 0 Å². The predicted molar refractivity (Wildman–Crippen MR) is 53.7 cm³/mol. The van der Waals surface area contributed by atoms with Crippen molar-refractivity contribution in [3.05, 3.63) is 30.1 Å². The monoisotopic (exact) mass is 176 g/mol. The molecule has 13 heavy (non-hydrogen) atoms. The number of aromatic nitrogens is 1. The summed E-state index contributed by atoms with van der Waals surface area (Å²) < 4.78 is 0. The smallest absolute Gasteiger partial charge is 0.0270 e.